The summed E-state index contributed by atoms with van der Waals surface area (Å²) in [6, 6.07) is 18.3. The van der Waals surface area contributed by atoms with E-state index in [1.165, 1.54) is 11.1 Å². The van der Waals surface area contributed by atoms with E-state index in [0.717, 1.165) is 23.4 Å². The Balaban J connectivity index is 1.44. The number of aromatic nitrogens is 3. The molecule has 0 bridgehead atoms. The highest BCUT2D eigenvalue weighted by Crippen LogP contribution is 2.29. The van der Waals surface area contributed by atoms with E-state index < -0.39 is 0 Å². The number of nitrogen functional groups attached to an aromatic ring is 1. The van der Waals surface area contributed by atoms with Crippen molar-refractivity contribution in [1.29, 1.82) is 0 Å². The van der Waals surface area contributed by atoms with Gasteiger partial charge in [-0.15, -0.1) is 5.10 Å². The van der Waals surface area contributed by atoms with Crippen LogP contribution in [0.25, 0.3) is 5.57 Å². The maximum absolute atomic E-state index is 5.73. The quantitative estimate of drug-likeness (QED) is 0.736. The second kappa shape index (κ2) is 6.77. The maximum atomic E-state index is 5.73. The molecule has 25 heavy (non-hydrogen) atoms. The molecule has 2 aromatic carbocycles. The van der Waals surface area contributed by atoms with Crippen LogP contribution < -0.4 is 5.73 Å². The van der Waals surface area contributed by atoms with Gasteiger partial charge in [0.25, 0.3) is 0 Å². The van der Waals surface area contributed by atoms with E-state index in [1.54, 1.807) is 0 Å². The third-order valence-electron chi connectivity index (χ3n) is 4.47. The van der Waals surface area contributed by atoms with Crippen molar-refractivity contribution >= 4 is 11.3 Å². The van der Waals surface area contributed by atoms with Gasteiger partial charge in [0.05, 0.1) is 12.2 Å². The average Bonchev–Trinajstić information content (AvgIpc) is 3.13. The number of anilines is 1. The molecule has 0 amide bonds. The smallest absolute Gasteiger partial charge is 0.0898 e. The summed E-state index contributed by atoms with van der Waals surface area (Å²) in [5.41, 5.74) is 11.2. The van der Waals surface area contributed by atoms with Crippen molar-refractivity contribution < 1.29 is 0 Å². The number of nitrogens with zero attached hydrogens (tertiary/aromatic N) is 3. The predicted octanol–water partition coefficient (Wildman–Crippen LogP) is 4.04. The molecule has 1 aliphatic rings. The Hall–Kier alpha value is -3.14. The highest BCUT2D eigenvalue weighted by Gasteiger charge is 2.15. The van der Waals surface area contributed by atoms with E-state index in [2.05, 4.69) is 52.8 Å². The van der Waals surface area contributed by atoms with Crippen molar-refractivity contribution in [2.75, 3.05) is 5.73 Å². The van der Waals surface area contributed by atoms with Crippen molar-refractivity contribution in [3.63, 3.8) is 0 Å². The number of hydrogen-bond donors (Lipinski definition) is 1. The summed E-state index contributed by atoms with van der Waals surface area (Å²) in [6.45, 7) is 0.703. The molecule has 2 N–H and O–H groups in total. The molecule has 0 aliphatic heterocycles. The lowest BCUT2D eigenvalue weighted by Gasteiger charge is -2.14. The van der Waals surface area contributed by atoms with Gasteiger partial charge in [-0.3, -0.25) is 0 Å². The Morgan fingerprint density at radius 2 is 1.84 bits per heavy atom. The van der Waals surface area contributed by atoms with Crippen LogP contribution in [0, 0.1) is 0 Å². The van der Waals surface area contributed by atoms with Crippen molar-refractivity contribution in [1.82, 2.24) is 15.0 Å². The Labute approximate surface area is 147 Å². The summed E-state index contributed by atoms with van der Waals surface area (Å²) in [5, 5.41) is 8.63. The molecular weight excluding hydrogens is 308 g/mol. The van der Waals surface area contributed by atoms with Crippen LogP contribution in [0.2, 0.25) is 0 Å². The van der Waals surface area contributed by atoms with Gasteiger partial charge in [-0.1, -0.05) is 65.9 Å². The van der Waals surface area contributed by atoms with Gasteiger partial charge in [-0.05, 0) is 35.3 Å². The molecular formula is C21H20N4. The molecule has 124 valence electrons. The summed E-state index contributed by atoms with van der Waals surface area (Å²) >= 11 is 0. The first-order valence-corrected chi connectivity index (χ1v) is 8.46. The average molecular weight is 328 g/mol. The topological polar surface area (TPSA) is 56.7 Å². The Kier molecular flexibility index (Phi) is 4.17. The van der Waals surface area contributed by atoms with Crippen LogP contribution in [0.5, 0.6) is 0 Å². The van der Waals surface area contributed by atoms with Crippen molar-refractivity contribution in [2.45, 2.75) is 18.9 Å². The second-order valence-electron chi connectivity index (χ2n) is 6.31. The van der Waals surface area contributed by atoms with Crippen molar-refractivity contribution in [2.24, 2.45) is 0 Å². The molecule has 1 aliphatic carbocycles. The largest absolute Gasteiger partial charge is 0.399 e. The Morgan fingerprint density at radius 1 is 1.04 bits per heavy atom. The van der Waals surface area contributed by atoms with Crippen LogP contribution in [0.3, 0.4) is 0 Å². The SMILES string of the molecule is Nc1ccc(Cn2cc(C3C=CC(c4ccccc4)=CC3)nn2)cc1. The van der Waals surface area contributed by atoms with E-state index >= 15 is 0 Å². The zero-order valence-electron chi connectivity index (χ0n) is 13.9. The monoisotopic (exact) mass is 328 g/mol. The molecule has 1 heterocycles. The third-order valence-corrected chi connectivity index (χ3v) is 4.47. The molecule has 1 unspecified atom stereocenters. The minimum Gasteiger partial charge on any atom is -0.399 e. The summed E-state index contributed by atoms with van der Waals surface area (Å²) in [5.74, 6) is 0.285. The zero-order valence-corrected chi connectivity index (χ0v) is 13.9. The van der Waals surface area contributed by atoms with Crippen molar-refractivity contribution in [3.8, 4) is 0 Å². The molecule has 0 fully saturated rings. The summed E-state index contributed by atoms with van der Waals surface area (Å²) in [6.07, 6.45) is 9.66. The molecule has 3 aromatic rings. The van der Waals surface area contributed by atoms with E-state index in [9.17, 15) is 0 Å². The van der Waals surface area contributed by atoms with Crippen LogP contribution in [0.1, 0.15) is 29.2 Å². The summed E-state index contributed by atoms with van der Waals surface area (Å²) < 4.78 is 1.88. The number of hydrogen-bond acceptors (Lipinski definition) is 3. The first-order chi connectivity index (χ1) is 12.3. The van der Waals surface area contributed by atoms with Crippen molar-refractivity contribution in [3.05, 3.63) is 95.8 Å². The first kappa shape index (κ1) is 15.4. The van der Waals surface area contributed by atoms with Gasteiger partial charge in [0.1, 0.15) is 0 Å². The second-order valence-corrected chi connectivity index (χ2v) is 6.31. The van der Waals surface area contributed by atoms with Crippen LogP contribution >= 0.6 is 0 Å². The van der Waals surface area contributed by atoms with E-state index in [1.807, 2.05) is 41.2 Å². The Morgan fingerprint density at radius 3 is 2.56 bits per heavy atom. The molecule has 1 aromatic heterocycles. The van der Waals surface area contributed by atoms with Crippen LogP contribution in [0.4, 0.5) is 5.69 Å². The fourth-order valence-electron chi connectivity index (χ4n) is 3.06. The highest BCUT2D eigenvalue weighted by atomic mass is 15.4. The third kappa shape index (κ3) is 3.53. The maximum Gasteiger partial charge on any atom is 0.0898 e. The molecule has 0 saturated heterocycles. The number of rotatable bonds is 4. The molecule has 4 rings (SSSR count). The fourth-order valence-corrected chi connectivity index (χ4v) is 3.06. The minimum atomic E-state index is 0.285. The molecule has 0 saturated carbocycles. The minimum absolute atomic E-state index is 0.285. The lowest BCUT2D eigenvalue weighted by atomic mass is 9.91. The van der Waals surface area contributed by atoms with Gasteiger partial charge in [0, 0.05) is 17.8 Å². The fraction of sp³-hybridized carbons (Fsp3) is 0.143. The normalized spacial score (nSPS) is 16.6. The van der Waals surface area contributed by atoms with Gasteiger partial charge in [0.2, 0.25) is 0 Å². The standard InChI is InChI=1S/C21H20N4/c22-20-12-6-16(7-13-20)14-25-15-21(23-24-25)19-10-8-18(9-11-19)17-4-2-1-3-5-17/h1-10,12-13,15,19H,11,14,22H2. The lowest BCUT2D eigenvalue weighted by Crippen LogP contribution is -2.01. The van der Waals surface area contributed by atoms with Gasteiger partial charge in [-0.25, -0.2) is 4.68 Å². The molecule has 4 nitrogen and oxygen atoms in total. The highest BCUT2D eigenvalue weighted by molar-refractivity contribution is 5.75. The molecule has 1 atom stereocenters. The lowest BCUT2D eigenvalue weighted by molar-refractivity contribution is 0.649. The number of benzene rings is 2. The van der Waals surface area contributed by atoms with E-state index in [0.29, 0.717) is 6.54 Å². The van der Waals surface area contributed by atoms with E-state index in [4.69, 9.17) is 5.73 Å². The van der Waals surface area contributed by atoms with Gasteiger partial charge < -0.3 is 5.73 Å². The van der Waals surface area contributed by atoms with E-state index in [-0.39, 0.29) is 5.92 Å². The van der Waals surface area contributed by atoms with Crippen LogP contribution in [-0.4, -0.2) is 15.0 Å². The first-order valence-electron chi connectivity index (χ1n) is 8.46. The molecule has 0 radical (unpaired) electrons. The molecule has 4 heteroatoms. The van der Waals surface area contributed by atoms with Gasteiger partial charge in [-0.2, -0.15) is 0 Å². The summed E-state index contributed by atoms with van der Waals surface area (Å²) in [7, 11) is 0. The Bertz CT molecular complexity index is 905. The predicted molar refractivity (Wildman–Crippen MR) is 101 cm³/mol. The van der Waals surface area contributed by atoms with Gasteiger partial charge in [0.15, 0.2) is 0 Å². The summed E-state index contributed by atoms with van der Waals surface area (Å²) in [4.78, 5) is 0. The van der Waals surface area contributed by atoms with Crippen LogP contribution in [0.15, 0.2) is 79.0 Å². The number of allylic oxidation sites excluding steroid dienone is 4. The number of nitrogens with two attached hydrogens (primary N) is 1. The molecule has 0 spiro atoms. The van der Waals surface area contributed by atoms with Crippen LogP contribution in [-0.2, 0) is 6.54 Å². The zero-order chi connectivity index (χ0) is 17.1. The van der Waals surface area contributed by atoms with Gasteiger partial charge >= 0.3 is 0 Å².